The van der Waals surface area contributed by atoms with Gasteiger partial charge in [-0.3, -0.25) is 0 Å². The Balaban J connectivity index is 1.69. The molecule has 2 aromatic carbocycles. The van der Waals surface area contributed by atoms with Crippen LogP contribution in [0.5, 0.6) is 10.9 Å². The third kappa shape index (κ3) is 4.37. The first-order valence-corrected chi connectivity index (χ1v) is 11.2. The summed E-state index contributed by atoms with van der Waals surface area (Å²) >= 11 is 1.45. The van der Waals surface area contributed by atoms with Crippen LogP contribution in [0.25, 0.3) is 10.2 Å². The number of para-hydroxylation sites is 1. The number of carbonyl (C=O) groups excluding carboxylic acids is 1. The number of nitrogens with zero attached hydrogens (tertiary/aromatic N) is 4. The van der Waals surface area contributed by atoms with Gasteiger partial charge in [0, 0.05) is 18.4 Å². The third-order valence-electron chi connectivity index (χ3n) is 5.52. The second kappa shape index (κ2) is 9.50. The zero-order valence-electron chi connectivity index (χ0n) is 18.6. The van der Waals surface area contributed by atoms with Crippen molar-refractivity contribution in [2.24, 2.45) is 0 Å². The van der Waals surface area contributed by atoms with Crippen LogP contribution in [0.1, 0.15) is 35.3 Å². The van der Waals surface area contributed by atoms with E-state index in [0.717, 1.165) is 16.6 Å². The summed E-state index contributed by atoms with van der Waals surface area (Å²) < 4.78 is 14.0. The van der Waals surface area contributed by atoms with E-state index in [2.05, 4.69) is 52.6 Å². The molecule has 0 radical (unpaired) electrons. The Morgan fingerprint density at radius 2 is 2.03 bits per heavy atom. The molecule has 7 nitrogen and oxygen atoms in total. The Bertz CT molecular complexity index is 1200. The fourth-order valence-electron chi connectivity index (χ4n) is 3.97. The molecule has 0 bridgehead atoms. The van der Waals surface area contributed by atoms with Gasteiger partial charge in [-0.2, -0.15) is 0 Å². The van der Waals surface area contributed by atoms with Gasteiger partial charge >= 0.3 is 5.97 Å². The van der Waals surface area contributed by atoms with E-state index in [1.54, 1.807) is 18.2 Å². The number of esters is 1. The van der Waals surface area contributed by atoms with Crippen molar-refractivity contribution in [3.63, 3.8) is 0 Å². The van der Waals surface area contributed by atoms with Crippen molar-refractivity contribution in [3.05, 3.63) is 72.3 Å². The van der Waals surface area contributed by atoms with Gasteiger partial charge in [-0.1, -0.05) is 36.5 Å². The molecule has 0 aliphatic heterocycles. The van der Waals surface area contributed by atoms with Crippen molar-refractivity contribution in [1.29, 1.82) is 0 Å². The van der Waals surface area contributed by atoms with Gasteiger partial charge in [0.05, 0.1) is 29.7 Å². The van der Waals surface area contributed by atoms with Crippen LogP contribution in [0, 0.1) is 0 Å². The summed E-state index contributed by atoms with van der Waals surface area (Å²) in [5, 5.41) is 0.479. The van der Waals surface area contributed by atoms with Crippen LogP contribution in [0.3, 0.4) is 0 Å². The number of hydrogen-bond acceptors (Lipinski definition) is 7. The number of imidazole rings is 1. The Labute approximate surface area is 191 Å². The zero-order valence-corrected chi connectivity index (χ0v) is 19.4. The molecule has 32 heavy (non-hydrogen) atoms. The number of hydrogen-bond donors (Lipinski definition) is 0. The second-order valence-electron chi connectivity index (χ2n) is 7.69. The number of fused-ring (bicyclic) bond motifs is 1. The highest BCUT2D eigenvalue weighted by Crippen LogP contribution is 2.36. The smallest absolute Gasteiger partial charge is 0.341 e. The predicted molar refractivity (Wildman–Crippen MR) is 126 cm³/mol. The van der Waals surface area contributed by atoms with Gasteiger partial charge in [0.15, 0.2) is 0 Å². The van der Waals surface area contributed by atoms with Crippen LogP contribution in [0.4, 0.5) is 0 Å². The molecule has 0 aliphatic carbocycles. The summed E-state index contributed by atoms with van der Waals surface area (Å²) in [6.45, 7) is 2.20. The molecule has 2 atom stereocenters. The monoisotopic (exact) mass is 450 g/mol. The van der Waals surface area contributed by atoms with E-state index in [4.69, 9.17) is 9.47 Å². The number of ether oxygens (including phenoxy) is 2. The molecule has 166 valence electrons. The molecule has 0 fully saturated rings. The van der Waals surface area contributed by atoms with Gasteiger partial charge in [0.2, 0.25) is 0 Å². The average Bonchev–Trinajstić information content (AvgIpc) is 3.46. The number of aromatic nitrogens is 3. The van der Waals surface area contributed by atoms with E-state index in [1.165, 1.54) is 24.0 Å². The number of rotatable bonds is 8. The minimum atomic E-state index is -0.443. The van der Waals surface area contributed by atoms with Crippen LogP contribution >= 0.6 is 11.3 Å². The van der Waals surface area contributed by atoms with Gasteiger partial charge in [-0.25, -0.2) is 14.8 Å². The number of methoxy groups -OCH3 is 1. The molecule has 4 aromatic rings. The summed E-state index contributed by atoms with van der Waals surface area (Å²) in [6, 6.07) is 13.7. The normalized spacial score (nSPS) is 13.3. The maximum atomic E-state index is 12.0. The van der Waals surface area contributed by atoms with Crippen LogP contribution < -0.4 is 4.74 Å². The lowest BCUT2D eigenvalue weighted by molar-refractivity contribution is 0.0598. The van der Waals surface area contributed by atoms with Gasteiger partial charge in [0.1, 0.15) is 11.3 Å². The molecule has 0 saturated carbocycles. The lowest BCUT2D eigenvalue weighted by Gasteiger charge is -2.33. The SMILES string of the molecule is CCC(C(c1ccc2nc(Oc3ccccc3C(=O)OC)sc2c1)n1ccnc1)N(C)C. The lowest BCUT2D eigenvalue weighted by atomic mass is 9.96. The number of carbonyl (C=O) groups is 1. The summed E-state index contributed by atoms with van der Waals surface area (Å²) in [6.07, 6.45) is 6.68. The van der Waals surface area contributed by atoms with E-state index in [-0.39, 0.29) is 6.04 Å². The molecule has 0 saturated heterocycles. The number of benzene rings is 2. The first-order valence-electron chi connectivity index (χ1n) is 10.4. The Hall–Kier alpha value is -3.23. The van der Waals surface area contributed by atoms with Crippen molar-refractivity contribution in [3.8, 4) is 10.9 Å². The van der Waals surface area contributed by atoms with E-state index >= 15 is 0 Å². The highest BCUT2D eigenvalue weighted by Gasteiger charge is 2.26. The fourth-order valence-corrected chi connectivity index (χ4v) is 4.85. The molecule has 4 rings (SSSR count). The number of likely N-dealkylation sites (N-methyl/N-ethyl adjacent to an activating group) is 1. The Morgan fingerprint density at radius 1 is 1.22 bits per heavy atom. The molecule has 8 heteroatoms. The second-order valence-corrected chi connectivity index (χ2v) is 8.68. The zero-order chi connectivity index (χ0) is 22.7. The van der Waals surface area contributed by atoms with Gasteiger partial charge in [0.25, 0.3) is 5.19 Å². The molecule has 0 spiro atoms. The Morgan fingerprint density at radius 3 is 2.72 bits per heavy atom. The molecule has 2 heterocycles. The Kier molecular flexibility index (Phi) is 6.53. The minimum Gasteiger partial charge on any atom is -0.465 e. The van der Waals surface area contributed by atoms with Crippen LogP contribution in [0.2, 0.25) is 0 Å². The molecule has 0 aliphatic rings. The fraction of sp³-hybridized carbons (Fsp3) is 0.292. The maximum absolute atomic E-state index is 12.0. The summed E-state index contributed by atoms with van der Waals surface area (Å²) in [5.41, 5.74) is 2.40. The van der Waals surface area contributed by atoms with Crippen LogP contribution in [0.15, 0.2) is 61.2 Å². The standard InChI is InChI=1S/C24H26N4O3S/c1-5-19(27(2)3)22(28-13-12-25-15-28)16-10-11-18-21(14-16)32-24(26-18)31-20-9-7-6-8-17(20)23(29)30-4/h6-15,19,22H,5H2,1-4H3. The van der Waals surface area contributed by atoms with E-state index in [0.29, 0.717) is 22.5 Å². The van der Waals surface area contributed by atoms with Crippen molar-refractivity contribution < 1.29 is 14.3 Å². The molecule has 2 aromatic heterocycles. The summed E-state index contributed by atoms with van der Waals surface area (Å²) in [7, 11) is 5.56. The maximum Gasteiger partial charge on any atom is 0.341 e. The van der Waals surface area contributed by atoms with E-state index in [1.807, 2.05) is 30.9 Å². The van der Waals surface area contributed by atoms with E-state index in [9.17, 15) is 4.79 Å². The molecule has 0 amide bonds. The van der Waals surface area contributed by atoms with E-state index < -0.39 is 5.97 Å². The third-order valence-corrected chi connectivity index (χ3v) is 6.41. The molecular formula is C24H26N4O3S. The predicted octanol–water partition coefficient (Wildman–Crippen LogP) is 5.00. The highest BCUT2D eigenvalue weighted by molar-refractivity contribution is 7.20. The van der Waals surface area contributed by atoms with Crippen molar-refractivity contribution in [1.82, 2.24) is 19.4 Å². The topological polar surface area (TPSA) is 69.5 Å². The largest absolute Gasteiger partial charge is 0.465 e. The molecule has 2 unspecified atom stereocenters. The van der Waals surface area contributed by atoms with Crippen LogP contribution in [-0.2, 0) is 4.74 Å². The average molecular weight is 451 g/mol. The number of thiazole rings is 1. The van der Waals surface area contributed by atoms with Gasteiger partial charge in [-0.05, 0) is 50.3 Å². The quantitative estimate of drug-likeness (QED) is 0.352. The first-order chi connectivity index (χ1) is 15.5. The minimum absolute atomic E-state index is 0.119. The van der Waals surface area contributed by atoms with Crippen molar-refractivity contribution in [2.75, 3.05) is 21.2 Å². The first kappa shape index (κ1) is 22.0. The summed E-state index contributed by atoms with van der Waals surface area (Å²) in [5.74, 6) is -0.0185. The van der Waals surface area contributed by atoms with Gasteiger partial charge < -0.3 is 18.9 Å². The molecular weight excluding hydrogens is 424 g/mol. The summed E-state index contributed by atoms with van der Waals surface area (Å²) in [4.78, 5) is 23.2. The molecule has 0 N–H and O–H groups in total. The van der Waals surface area contributed by atoms with Gasteiger partial charge in [-0.15, -0.1) is 0 Å². The van der Waals surface area contributed by atoms with Crippen LogP contribution in [-0.4, -0.2) is 52.7 Å². The highest BCUT2D eigenvalue weighted by atomic mass is 32.1. The lowest BCUT2D eigenvalue weighted by Crippen LogP contribution is -2.36. The van der Waals surface area contributed by atoms with Crippen molar-refractivity contribution in [2.45, 2.75) is 25.4 Å². The van der Waals surface area contributed by atoms with Crippen molar-refractivity contribution >= 4 is 27.5 Å².